The maximum Gasteiger partial charge on any atom is 0.189 e. The lowest BCUT2D eigenvalue weighted by molar-refractivity contribution is 0.757. The largest absolute Gasteiger partial charge is 0.382 e. The summed E-state index contributed by atoms with van der Waals surface area (Å²) in [5.41, 5.74) is 7.73. The first-order chi connectivity index (χ1) is 9.02. The maximum atomic E-state index is 8.75. The maximum absolute atomic E-state index is 8.75. The molecule has 0 aliphatic heterocycles. The molecule has 0 saturated carbocycles. The average Bonchev–Trinajstić information content (AvgIpc) is 2.61. The van der Waals surface area contributed by atoms with E-state index in [0.29, 0.717) is 16.1 Å². The van der Waals surface area contributed by atoms with Crippen molar-refractivity contribution >= 4 is 29.2 Å². The lowest BCUT2D eigenvalue weighted by Gasteiger charge is -2.02. The van der Waals surface area contributed by atoms with Gasteiger partial charge >= 0.3 is 0 Å². The number of halogens is 1. The zero-order valence-corrected chi connectivity index (χ0v) is 12.0. The molecule has 0 fully saturated rings. The highest BCUT2D eigenvalue weighted by molar-refractivity contribution is 7.98. The molecule has 2 aromatic heterocycles. The number of rotatable bonds is 3. The van der Waals surface area contributed by atoms with Crippen molar-refractivity contribution in [1.29, 1.82) is 5.26 Å². The van der Waals surface area contributed by atoms with Gasteiger partial charge in [-0.1, -0.05) is 23.4 Å². The smallest absolute Gasteiger partial charge is 0.189 e. The molecule has 0 atom stereocenters. The highest BCUT2D eigenvalue weighted by Gasteiger charge is 2.12. The molecule has 0 saturated heterocycles. The Kier molecular flexibility index (Phi) is 3.93. The van der Waals surface area contributed by atoms with Gasteiger partial charge in [0.05, 0.1) is 11.9 Å². The molecule has 0 spiro atoms. The second kappa shape index (κ2) is 5.47. The predicted molar refractivity (Wildman–Crippen MR) is 73.7 cm³/mol. The van der Waals surface area contributed by atoms with Gasteiger partial charge < -0.3 is 5.73 Å². The number of hydrogen-bond donors (Lipinski definition) is 1. The number of aryl methyl sites for hydroxylation is 2. The van der Waals surface area contributed by atoms with E-state index in [1.807, 2.05) is 13.0 Å². The van der Waals surface area contributed by atoms with Crippen molar-refractivity contribution in [2.45, 2.75) is 17.8 Å². The Bertz CT molecular complexity index is 660. The molecule has 0 radical (unpaired) electrons. The van der Waals surface area contributed by atoms with Crippen molar-refractivity contribution in [3.05, 3.63) is 28.2 Å². The first-order valence-electron chi connectivity index (χ1n) is 5.36. The summed E-state index contributed by atoms with van der Waals surface area (Å²) in [6, 6.07) is 1.92. The van der Waals surface area contributed by atoms with Crippen molar-refractivity contribution in [3.63, 3.8) is 0 Å². The number of nitrogens with zero attached hydrogens (tertiary/aromatic N) is 5. The van der Waals surface area contributed by atoms with Crippen molar-refractivity contribution in [1.82, 2.24) is 19.7 Å². The third-order valence-corrected chi connectivity index (χ3v) is 3.89. The summed E-state index contributed by atoms with van der Waals surface area (Å²) in [6.45, 7) is 1.90. The molecular weight excluding hydrogens is 284 g/mol. The molecule has 0 aliphatic carbocycles. The average molecular weight is 295 g/mol. The number of aromatic nitrogens is 4. The fourth-order valence-corrected chi connectivity index (χ4v) is 2.74. The Morgan fingerprint density at radius 2 is 2.32 bits per heavy atom. The van der Waals surface area contributed by atoms with Crippen LogP contribution >= 0.6 is 23.4 Å². The zero-order chi connectivity index (χ0) is 14.0. The number of hydrogen-bond acceptors (Lipinski definition) is 6. The molecule has 2 aromatic rings. The highest BCUT2D eigenvalue weighted by Crippen LogP contribution is 2.27. The molecule has 2 heterocycles. The predicted octanol–water partition coefficient (Wildman–Crippen LogP) is 1.92. The summed E-state index contributed by atoms with van der Waals surface area (Å²) in [5, 5.41) is 14.1. The molecule has 19 heavy (non-hydrogen) atoms. The number of nitriles is 1. The van der Waals surface area contributed by atoms with E-state index in [9.17, 15) is 0 Å². The minimum atomic E-state index is 0.189. The minimum Gasteiger partial charge on any atom is -0.382 e. The van der Waals surface area contributed by atoms with Crippen LogP contribution in [0.15, 0.2) is 11.4 Å². The molecule has 2 N–H and O–H groups in total. The van der Waals surface area contributed by atoms with E-state index in [-0.39, 0.29) is 11.4 Å². The van der Waals surface area contributed by atoms with Gasteiger partial charge in [0.25, 0.3) is 0 Å². The minimum absolute atomic E-state index is 0.189. The van der Waals surface area contributed by atoms with Gasteiger partial charge in [-0.25, -0.2) is 9.97 Å². The fraction of sp³-hybridized carbons (Fsp3) is 0.273. The summed E-state index contributed by atoms with van der Waals surface area (Å²) in [6.07, 6.45) is 1.42. The molecule has 2 rings (SSSR count). The number of anilines is 1. The van der Waals surface area contributed by atoms with E-state index in [0.717, 1.165) is 11.3 Å². The van der Waals surface area contributed by atoms with Crippen molar-refractivity contribution in [2.24, 2.45) is 7.05 Å². The molecule has 0 aliphatic rings. The molecule has 0 bridgehead atoms. The normalized spacial score (nSPS) is 10.4. The van der Waals surface area contributed by atoms with E-state index < -0.39 is 0 Å². The van der Waals surface area contributed by atoms with Crippen molar-refractivity contribution in [3.8, 4) is 6.07 Å². The molecule has 0 unspecified atom stereocenters. The summed E-state index contributed by atoms with van der Waals surface area (Å²) >= 11 is 7.54. The van der Waals surface area contributed by atoms with Gasteiger partial charge in [0.2, 0.25) is 0 Å². The van der Waals surface area contributed by atoms with Crippen LogP contribution in [0.3, 0.4) is 0 Å². The van der Waals surface area contributed by atoms with E-state index in [1.54, 1.807) is 11.7 Å². The first kappa shape index (κ1) is 13.6. The van der Waals surface area contributed by atoms with Gasteiger partial charge in [0.1, 0.15) is 22.6 Å². The van der Waals surface area contributed by atoms with Crippen LogP contribution in [0.4, 0.5) is 5.82 Å². The molecule has 98 valence electrons. The highest BCUT2D eigenvalue weighted by atomic mass is 35.5. The third-order valence-electron chi connectivity index (χ3n) is 2.53. The molecule has 0 aromatic carbocycles. The van der Waals surface area contributed by atoms with Crippen LogP contribution in [0.2, 0.25) is 5.15 Å². The van der Waals surface area contributed by atoms with Crippen LogP contribution < -0.4 is 5.73 Å². The molecule has 6 nitrogen and oxygen atoms in total. The number of nitrogens with two attached hydrogens (primary N) is 1. The van der Waals surface area contributed by atoms with E-state index in [2.05, 4.69) is 15.1 Å². The van der Waals surface area contributed by atoms with E-state index in [1.165, 1.54) is 18.0 Å². The molecule has 8 heteroatoms. The summed E-state index contributed by atoms with van der Waals surface area (Å²) in [7, 11) is 1.79. The van der Waals surface area contributed by atoms with Crippen LogP contribution in [-0.4, -0.2) is 19.7 Å². The third kappa shape index (κ3) is 2.80. The monoisotopic (exact) mass is 294 g/mol. The van der Waals surface area contributed by atoms with Crippen molar-refractivity contribution < 1.29 is 0 Å². The van der Waals surface area contributed by atoms with Crippen LogP contribution in [0.25, 0.3) is 0 Å². The second-order valence-electron chi connectivity index (χ2n) is 3.83. The topological polar surface area (TPSA) is 93.4 Å². The fourth-order valence-electron chi connectivity index (χ4n) is 1.51. The van der Waals surface area contributed by atoms with Gasteiger partial charge in [-0.3, -0.25) is 4.68 Å². The lowest BCUT2D eigenvalue weighted by Crippen LogP contribution is -1.98. The van der Waals surface area contributed by atoms with Gasteiger partial charge in [-0.05, 0) is 6.92 Å². The van der Waals surface area contributed by atoms with Gasteiger partial charge in [-0.15, -0.1) is 0 Å². The van der Waals surface area contributed by atoms with Crippen LogP contribution in [0.5, 0.6) is 0 Å². The SMILES string of the molecule is Cc1nn(C)c(Cl)c1CSc1ncc(C#N)c(N)n1. The standard InChI is InChI=1S/C11H11ClN6S/c1-6-8(9(12)18(2)17-6)5-19-11-15-4-7(3-13)10(14)16-11/h4H,5H2,1-2H3,(H2,14,15,16). The number of thioether (sulfide) groups is 1. The molecular formula is C11H11ClN6S. The van der Waals surface area contributed by atoms with Crippen LogP contribution in [0.1, 0.15) is 16.8 Å². The van der Waals surface area contributed by atoms with Crippen LogP contribution in [-0.2, 0) is 12.8 Å². The van der Waals surface area contributed by atoms with Crippen LogP contribution in [0, 0.1) is 18.3 Å². The summed E-state index contributed by atoms with van der Waals surface area (Å²) in [4.78, 5) is 8.13. The Morgan fingerprint density at radius 3 is 2.84 bits per heavy atom. The summed E-state index contributed by atoms with van der Waals surface area (Å²) < 4.78 is 1.63. The molecule has 0 amide bonds. The Hall–Kier alpha value is -1.78. The Morgan fingerprint density at radius 1 is 1.58 bits per heavy atom. The van der Waals surface area contributed by atoms with E-state index in [4.69, 9.17) is 22.6 Å². The zero-order valence-electron chi connectivity index (χ0n) is 10.4. The Balaban J connectivity index is 2.15. The van der Waals surface area contributed by atoms with Gasteiger partial charge in [0.15, 0.2) is 5.16 Å². The quantitative estimate of drug-likeness (QED) is 0.686. The van der Waals surface area contributed by atoms with Gasteiger partial charge in [0, 0.05) is 18.4 Å². The first-order valence-corrected chi connectivity index (χ1v) is 6.72. The van der Waals surface area contributed by atoms with Crippen molar-refractivity contribution in [2.75, 3.05) is 5.73 Å². The van der Waals surface area contributed by atoms with Gasteiger partial charge in [-0.2, -0.15) is 10.4 Å². The Labute approximate surface area is 119 Å². The summed E-state index contributed by atoms with van der Waals surface area (Å²) in [5.74, 6) is 0.790. The second-order valence-corrected chi connectivity index (χ2v) is 5.13. The lowest BCUT2D eigenvalue weighted by atomic mass is 10.3. The van der Waals surface area contributed by atoms with E-state index >= 15 is 0 Å². The number of nitrogen functional groups attached to an aromatic ring is 1.